The van der Waals surface area contributed by atoms with Gasteiger partial charge in [-0.05, 0) is 66.7 Å². The van der Waals surface area contributed by atoms with E-state index in [0.717, 1.165) is 43.5 Å². The fourth-order valence-corrected chi connectivity index (χ4v) is 5.25. The van der Waals surface area contributed by atoms with Gasteiger partial charge in [0.25, 0.3) is 0 Å². The van der Waals surface area contributed by atoms with Crippen LogP contribution >= 0.6 is 0 Å². The summed E-state index contributed by atoms with van der Waals surface area (Å²) in [4.78, 5) is 2.69. The maximum atomic E-state index is 13.0. The van der Waals surface area contributed by atoms with Crippen molar-refractivity contribution in [3.63, 3.8) is 0 Å². The number of rotatable bonds is 8. The van der Waals surface area contributed by atoms with Gasteiger partial charge in [0.2, 0.25) is 10.0 Å². The molecule has 0 spiro atoms. The molecule has 1 fully saturated rings. The summed E-state index contributed by atoms with van der Waals surface area (Å²) < 4.78 is 28.9. The van der Waals surface area contributed by atoms with Gasteiger partial charge in [-0.2, -0.15) is 0 Å². The predicted octanol–water partition coefficient (Wildman–Crippen LogP) is 5.03. The van der Waals surface area contributed by atoms with Crippen LogP contribution in [0, 0.1) is 0 Å². The van der Waals surface area contributed by atoms with Crippen molar-refractivity contribution in [1.29, 1.82) is 0 Å². The van der Waals surface area contributed by atoms with Gasteiger partial charge in [0.15, 0.2) is 0 Å². The molecule has 3 aromatic carbocycles. The lowest BCUT2D eigenvalue weighted by molar-refractivity contribution is 0.246. The Morgan fingerprint density at radius 1 is 0.839 bits per heavy atom. The van der Waals surface area contributed by atoms with Gasteiger partial charge in [0.1, 0.15) is 0 Å². The van der Waals surface area contributed by atoms with Crippen LogP contribution < -0.4 is 4.72 Å². The lowest BCUT2D eigenvalue weighted by Gasteiger charge is -2.28. The minimum Gasteiger partial charge on any atom is -0.295 e. The number of likely N-dealkylation sites (tertiary alicyclic amines) is 1. The highest BCUT2D eigenvalue weighted by molar-refractivity contribution is 7.89. The van der Waals surface area contributed by atoms with E-state index in [0.29, 0.717) is 11.4 Å². The molecule has 1 aliphatic heterocycles. The topological polar surface area (TPSA) is 49.4 Å². The number of hydrogen-bond donors (Lipinski definition) is 1. The molecule has 0 radical (unpaired) electrons. The van der Waals surface area contributed by atoms with Gasteiger partial charge in [-0.25, -0.2) is 13.1 Å². The maximum Gasteiger partial charge on any atom is 0.240 e. The summed E-state index contributed by atoms with van der Waals surface area (Å²) in [6, 6.07) is 25.7. The normalized spacial score (nSPS) is 15.8. The summed E-state index contributed by atoms with van der Waals surface area (Å²) in [5, 5.41) is 0. The highest BCUT2D eigenvalue weighted by Gasteiger charge is 2.25. The van der Waals surface area contributed by atoms with Gasteiger partial charge in [0.05, 0.1) is 4.90 Å². The van der Waals surface area contributed by atoms with Crippen molar-refractivity contribution in [3.05, 3.63) is 90.0 Å². The second-order valence-electron chi connectivity index (χ2n) is 8.10. The number of sulfonamides is 1. The maximum absolute atomic E-state index is 13.0. The average Bonchev–Trinajstić information content (AvgIpc) is 3.35. The zero-order valence-electron chi connectivity index (χ0n) is 18.0. The molecule has 1 saturated heterocycles. The Morgan fingerprint density at radius 2 is 1.45 bits per heavy atom. The largest absolute Gasteiger partial charge is 0.295 e. The molecule has 162 valence electrons. The van der Waals surface area contributed by atoms with E-state index in [9.17, 15) is 8.42 Å². The van der Waals surface area contributed by atoms with Gasteiger partial charge in [0, 0.05) is 12.6 Å². The van der Waals surface area contributed by atoms with E-state index in [2.05, 4.69) is 40.8 Å². The smallest absolute Gasteiger partial charge is 0.240 e. The summed E-state index contributed by atoms with van der Waals surface area (Å²) in [6.45, 7) is 4.53. The summed E-state index contributed by atoms with van der Waals surface area (Å²) >= 11 is 0. The molecule has 31 heavy (non-hydrogen) atoms. The molecule has 1 heterocycles. The van der Waals surface area contributed by atoms with Crippen molar-refractivity contribution in [2.24, 2.45) is 0 Å². The number of aryl methyl sites for hydroxylation is 1. The Bertz CT molecular complexity index is 1070. The number of nitrogens with one attached hydrogen (secondary N) is 1. The first-order valence-electron chi connectivity index (χ1n) is 11.0. The van der Waals surface area contributed by atoms with Crippen molar-refractivity contribution < 1.29 is 8.42 Å². The van der Waals surface area contributed by atoms with Gasteiger partial charge in [-0.15, -0.1) is 0 Å². The van der Waals surface area contributed by atoms with E-state index in [1.165, 1.54) is 11.1 Å². The minimum atomic E-state index is -3.58. The zero-order valence-corrected chi connectivity index (χ0v) is 18.8. The van der Waals surface area contributed by atoms with Crippen LogP contribution in [-0.2, 0) is 16.4 Å². The molecular weight excluding hydrogens is 404 g/mol. The summed E-state index contributed by atoms with van der Waals surface area (Å²) in [5.41, 5.74) is 4.54. The highest BCUT2D eigenvalue weighted by Crippen LogP contribution is 2.26. The van der Waals surface area contributed by atoms with E-state index in [-0.39, 0.29) is 6.04 Å². The van der Waals surface area contributed by atoms with Crippen LogP contribution in [0.4, 0.5) is 0 Å². The first-order chi connectivity index (χ1) is 15.1. The number of benzene rings is 3. The average molecular weight is 435 g/mol. The third-order valence-electron chi connectivity index (χ3n) is 6.09. The summed E-state index contributed by atoms with van der Waals surface area (Å²) in [7, 11) is -3.58. The van der Waals surface area contributed by atoms with Crippen LogP contribution in [0.1, 0.15) is 36.9 Å². The van der Waals surface area contributed by atoms with E-state index in [1.54, 1.807) is 12.1 Å². The third-order valence-corrected chi connectivity index (χ3v) is 7.53. The standard InChI is InChI=1S/C26H30N2O2S/c1-2-21-10-12-24(13-11-21)26(28-18-6-7-19-28)20-27-31(29,30)25-16-14-23(15-17-25)22-8-4-3-5-9-22/h3-5,8-17,26-27H,2,6-7,18-20H2,1H3. The van der Waals surface area contributed by atoms with Gasteiger partial charge < -0.3 is 0 Å². The molecule has 1 atom stereocenters. The lowest BCUT2D eigenvalue weighted by atomic mass is 10.0. The Labute approximate surface area is 186 Å². The quantitative estimate of drug-likeness (QED) is 0.541. The number of hydrogen-bond acceptors (Lipinski definition) is 3. The van der Waals surface area contributed by atoms with Crippen LogP contribution in [-0.4, -0.2) is 33.0 Å². The van der Waals surface area contributed by atoms with Crippen molar-refractivity contribution >= 4 is 10.0 Å². The highest BCUT2D eigenvalue weighted by atomic mass is 32.2. The summed E-state index contributed by atoms with van der Waals surface area (Å²) in [5.74, 6) is 0. The van der Waals surface area contributed by atoms with Crippen molar-refractivity contribution in [3.8, 4) is 11.1 Å². The van der Waals surface area contributed by atoms with E-state index in [4.69, 9.17) is 0 Å². The van der Waals surface area contributed by atoms with E-state index >= 15 is 0 Å². The van der Waals surface area contributed by atoms with Crippen LogP contribution in [0.15, 0.2) is 83.8 Å². The second-order valence-corrected chi connectivity index (χ2v) is 9.86. The van der Waals surface area contributed by atoms with Gasteiger partial charge >= 0.3 is 0 Å². The Hall–Kier alpha value is -2.47. The van der Waals surface area contributed by atoms with E-state index < -0.39 is 10.0 Å². The fourth-order valence-electron chi connectivity index (χ4n) is 4.22. The molecular formula is C26H30N2O2S. The zero-order chi connectivity index (χ0) is 21.7. The van der Waals surface area contributed by atoms with Crippen LogP contribution in [0.2, 0.25) is 0 Å². The Kier molecular flexibility index (Phi) is 6.86. The molecule has 4 rings (SSSR count). The first-order valence-corrected chi connectivity index (χ1v) is 12.5. The fraction of sp³-hybridized carbons (Fsp3) is 0.308. The monoisotopic (exact) mass is 434 g/mol. The van der Waals surface area contributed by atoms with Gasteiger partial charge in [-0.1, -0.05) is 73.7 Å². The minimum absolute atomic E-state index is 0.0479. The molecule has 0 aromatic heterocycles. The van der Waals surface area contributed by atoms with E-state index in [1.807, 2.05) is 42.5 Å². The lowest BCUT2D eigenvalue weighted by Crippen LogP contribution is -2.36. The molecule has 1 aliphatic rings. The van der Waals surface area contributed by atoms with Gasteiger partial charge in [-0.3, -0.25) is 4.90 Å². The van der Waals surface area contributed by atoms with Crippen LogP contribution in [0.3, 0.4) is 0 Å². The van der Waals surface area contributed by atoms with Crippen molar-refractivity contribution in [1.82, 2.24) is 9.62 Å². The summed E-state index contributed by atoms with van der Waals surface area (Å²) in [6.07, 6.45) is 3.33. The molecule has 1 unspecified atom stereocenters. The first kappa shape index (κ1) is 21.8. The van der Waals surface area contributed by atoms with Crippen LogP contribution in [0.5, 0.6) is 0 Å². The SMILES string of the molecule is CCc1ccc(C(CNS(=O)(=O)c2ccc(-c3ccccc3)cc2)N2CCCC2)cc1. The molecule has 3 aromatic rings. The second kappa shape index (κ2) is 9.77. The molecule has 0 saturated carbocycles. The van der Waals surface area contributed by atoms with Crippen LogP contribution in [0.25, 0.3) is 11.1 Å². The van der Waals surface area contributed by atoms with Crippen molar-refractivity contribution in [2.75, 3.05) is 19.6 Å². The third kappa shape index (κ3) is 5.24. The Morgan fingerprint density at radius 3 is 2.06 bits per heavy atom. The molecule has 0 amide bonds. The molecule has 4 nitrogen and oxygen atoms in total. The molecule has 0 bridgehead atoms. The molecule has 0 aliphatic carbocycles. The predicted molar refractivity (Wildman–Crippen MR) is 126 cm³/mol. The molecule has 1 N–H and O–H groups in total. The number of nitrogens with zero attached hydrogens (tertiary/aromatic N) is 1. The van der Waals surface area contributed by atoms with Crippen molar-refractivity contribution in [2.45, 2.75) is 37.1 Å². The molecule has 5 heteroatoms. The Balaban J connectivity index is 1.50.